The lowest BCUT2D eigenvalue weighted by Crippen LogP contribution is -2.05. The Kier molecular flexibility index (Phi) is 11.8. The van der Waals surface area contributed by atoms with Crippen molar-refractivity contribution < 1.29 is 39.3 Å². The number of ether oxygens (including phenoxy) is 2. The third-order valence-corrected chi connectivity index (χ3v) is 5.02. The second-order valence-corrected chi connectivity index (χ2v) is 7.91. The molecule has 0 aliphatic heterocycles. The minimum Gasteiger partial charge on any atom is -0.507 e. The second-order valence-electron chi connectivity index (χ2n) is 7.48. The fourth-order valence-electron chi connectivity index (χ4n) is 2.85. The van der Waals surface area contributed by atoms with Gasteiger partial charge in [-0.3, -0.25) is 10.1 Å². The summed E-state index contributed by atoms with van der Waals surface area (Å²) < 4.78 is 9.51. The molecule has 3 N–H and O–H groups in total. The number of carbonyl (C=O) groups excluding carboxylic acids is 2. The molecule has 0 aliphatic rings. The molecule has 11 heteroatoms. The summed E-state index contributed by atoms with van der Waals surface area (Å²) in [6.45, 7) is 0.202. The predicted molar refractivity (Wildman–Crippen MR) is 143 cm³/mol. The molecule has 0 saturated heterocycles. The van der Waals surface area contributed by atoms with Crippen LogP contribution in [0.4, 0.5) is 5.69 Å². The first kappa shape index (κ1) is 30.1. The van der Waals surface area contributed by atoms with E-state index in [9.17, 15) is 24.8 Å². The molecule has 0 aromatic heterocycles. The Morgan fingerprint density at radius 2 is 1.28 bits per heavy atom. The van der Waals surface area contributed by atoms with Crippen molar-refractivity contribution in [3.05, 3.63) is 129 Å². The Morgan fingerprint density at radius 1 is 0.769 bits per heavy atom. The largest absolute Gasteiger partial charge is 0.507 e. The van der Waals surface area contributed by atoms with Crippen LogP contribution in [-0.2, 0) is 16.1 Å². The SMILES string of the molecule is COC(=O)c1ccccc1O.O=C(OCc1ccccc1)c1ccccc1O.O=[N+]([O-])c1cc(Cl)ccc1O. The number of carbonyl (C=O) groups is 2. The molecule has 0 radical (unpaired) electrons. The molecule has 0 amide bonds. The molecular weight excluding hydrogens is 530 g/mol. The topological polar surface area (TPSA) is 156 Å². The van der Waals surface area contributed by atoms with Crippen LogP contribution in [0, 0.1) is 10.1 Å². The quantitative estimate of drug-likeness (QED) is 0.156. The molecule has 10 nitrogen and oxygen atoms in total. The van der Waals surface area contributed by atoms with Gasteiger partial charge in [-0.2, -0.15) is 0 Å². The Morgan fingerprint density at radius 3 is 1.77 bits per heavy atom. The number of phenolic OH excluding ortho intramolecular Hbond substituents is 3. The van der Waals surface area contributed by atoms with E-state index in [-0.39, 0.29) is 45.7 Å². The van der Waals surface area contributed by atoms with E-state index < -0.39 is 16.9 Å². The number of nitrogens with zero attached hydrogens (tertiary/aromatic N) is 1. The van der Waals surface area contributed by atoms with Crippen molar-refractivity contribution in [1.29, 1.82) is 0 Å². The summed E-state index contributed by atoms with van der Waals surface area (Å²) in [6, 6.07) is 25.6. The summed E-state index contributed by atoms with van der Waals surface area (Å²) in [4.78, 5) is 32.0. The van der Waals surface area contributed by atoms with Crippen LogP contribution < -0.4 is 0 Å². The summed E-state index contributed by atoms with van der Waals surface area (Å²) in [5.74, 6) is -1.54. The van der Waals surface area contributed by atoms with E-state index in [2.05, 4.69) is 4.74 Å². The highest BCUT2D eigenvalue weighted by Gasteiger charge is 2.13. The monoisotopic (exact) mass is 553 g/mol. The molecule has 0 aliphatic carbocycles. The van der Waals surface area contributed by atoms with Gasteiger partial charge < -0.3 is 24.8 Å². The van der Waals surface area contributed by atoms with Crippen molar-refractivity contribution in [3.63, 3.8) is 0 Å². The summed E-state index contributed by atoms with van der Waals surface area (Å²) in [5, 5.41) is 37.9. The van der Waals surface area contributed by atoms with E-state index >= 15 is 0 Å². The van der Waals surface area contributed by atoms with Crippen LogP contribution in [0.1, 0.15) is 26.3 Å². The highest BCUT2D eigenvalue weighted by atomic mass is 35.5. The van der Waals surface area contributed by atoms with E-state index in [0.29, 0.717) is 0 Å². The Bertz CT molecular complexity index is 1410. The smallest absolute Gasteiger partial charge is 0.342 e. The third kappa shape index (κ3) is 9.71. The van der Waals surface area contributed by atoms with Crippen LogP contribution in [0.15, 0.2) is 97.1 Å². The molecule has 39 heavy (non-hydrogen) atoms. The average molecular weight is 554 g/mol. The van der Waals surface area contributed by atoms with E-state index in [4.69, 9.17) is 26.6 Å². The molecule has 0 bridgehead atoms. The number of hydrogen-bond acceptors (Lipinski definition) is 9. The van der Waals surface area contributed by atoms with Crippen molar-refractivity contribution in [2.45, 2.75) is 6.61 Å². The van der Waals surface area contributed by atoms with Crippen molar-refractivity contribution in [2.75, 3.05) is 7.11 Å². The summed E-state index contributed by atoms with van der Waals surface area (Å²) in [7, 11) is 1.27. The van der Waals surface area contributed by atoms with Gasteiger partial charge in [-0.15, -0.1) is 0 Å². The van der Waals surface area contributed by atoms with Gasteiger partial charge in [0.2, 0.25) is 0 Å². The van der Waals surface area contributed by atoms with Gasteiger partial charge in [0, 0.05) is 11.1 Å². The van der Waals surface area contributed by atoms with Gasteiger partial charge in [-0.25, -0.2) is 9.59 Å². The van der Waals surface area contributed by atoms with Gasteiger partial charge in [0.05, 0.1) is 12.0 Å². The van der Waals surface area contributed by atoms with E-state index in [1.54, 1.807) is 24.3 Å². The van der Waals surface area contributed by atoms with Gasteiger partial charge in [0.25, 0.3) is 0 Å². The number of aromatic hydroxyl groups is 3. The lowest BCUT2D eigenvalue weighted by atomic mass is 10.2. The van der Waals surface area contributed by atoms with Crippen LogP contribution in [-0.4, -0.2) is 39.3 Å². The van der Waals surface area contributed by atoms with Gasteiger partial charge in [0.15, 0.2) is 5.75 Å². The number of esters is 2. The van der Waals surface area contributed by atoms with Gasteiger partial charge in [-0.1, -0.05) is 66.2 Å². The number of rotatable bonds is 5. The van der Waals surface area contributed by atoms with E-state index in [1.165, 1.54) is 43.5 Å². The van der Waals surface area contributed by atoms with Crippen LogP contribution in [0.5, 0.6) is 17.2 Å². The average Bonchev–Trinajstić information content (AvgIpc) is 2.94. The molecule has 4 aromatic rings. The molecule has 4 rings (SSSR count). The number of halogens is 1. The molecule has 0 saturated carbocycles. The number of nitro groups is 1. The maximum atomic E-state index is 11.7. The molecule has 0 fully saturated rings. The molecule has 202 valence electrons. The Hall–Kier alpha value is -5.09. The number of para-hydroxylation sites is 2. The minimum atomic E-state index is -0.693. The minimum absolute atomic E-state index is 0.0562. The van der Waals surface area contributed by atoms with Gasteiger partial charge in [0.1, 0.15) is 29.2 Å². The lowest BCUT2D eigenvalue weighted by Gasteiger charge is -2.05. The summed E-state index contributed by atoms with van der Waals surface area (Å²) in [6.07, 6.45) is 0. The molecule has 0 atom stereocenters. The highest BCUT2D eigenvalue weighted by Crippen LogP contribution is 2.28. The van der Waals surface area contributed by atoms with Crippen LogP contribution in [0.2, 0.25) is 5.02 Å². The predicted octanol–water partition coefficient (Wildman–Crippen LogP) is 5.88. The number of hydrogen-bond donors (Lipinski definition) is 3. The number of phenols is 3. The molecule has 0 heterocycles. The van der Waals surface area contributed by atoms with Crippen molar-refractivity contribution in [2.24, 2.45) is 0 Å². The van der Waals surface area contributed by atoms with E-state index in [0.717, 1.165) is 11.6 Å². The standard InChI is InChI=1S/C14H12O3.C8H8O3.C6H4ClNO3/c15-13-9-5-4-8-12(13)14(16)17-10-11-6-2-1-3-7-11;1-11-8(10)6-4-2-3-5-7(6)9;7-4-1-2-6(9)5(3-4)8(10)11/h1-9,15H,10H2;2-5,9H,1H3;1-3,9H. The maximum Gasteiger partial charge on any atom is 0.342 e. The summed E-state index contributed by atoms with van der Waals surface area (Å²) in [5.41, 5.74) is 0.909. The Labute approximate surface area is 228 Å². The Balaban J connectivity index is 0.000000214. The van der Waals surface area contributed by atoms with Crippen LogP contribution in [0.25, 0.3) is 0 Å². The first-order valence-electron chi connectivity index (χ1n) is 11.1. The third-order valence-electron chi connectivity index (χ3n) is 4.78. The number of methoxy groups -OCH3 is 1. The van der Waals surface area contributed by atoms with E-state index in [1.807, 2.05) is 30.3 Å². The fourth-order valence-corrected chi connectivity index (χ4v) is 3.01. The maximum absolute atomic E-state index is 11.7. The van der Waals surface area contributed by atoms with Crippen molar-refractivity contribution in [3.8, 4) is 17.2 Å². The van der Waals surface area contributed by atoms with Crippen molar-refractivity contribution in [1.82, 2.24) is 0 Å². The highest BCUT2D eigenvalue weighted by molar-refractivity contribution is 6.30. The first-order valence-corrected chi connectivity index (χ1v) is 11.5. The first-order chi connectivity index (χ1) is 18.6. The zero-order valence-electron chi connectivity index (χ0n) is 20.6. The molecular formula is C28H24ClNO9. The molecule has 0 spiro atoms. The summed E-state index contributed by atoms with van der Waals surface area (Å²) >= 11 is 5.45. The fraction of sp³-hybridized carbons (Fsp3) is 0.0714. The number of benzene rings is 4. The normalized spacial score (nSPS) is 9.59. The molecule has 4 aromatic carbocycles. The van der Waals surface area contributed by atoms with Gasteiger partial charge in [-0.05, 0) is 42.0 Å². The van der Waals surface area contributed by atoms with Gasteiger partial charge >= 0.3 is 17.6 Å². The lowest BCUT2D eigenvalue weighted by molar-refractivity contribution is -0.385. The molecule has 0 unspecified atom stereocenters. The van der Waals surface area contributed by atoms with Crippen LogP contribution >= 0.6 is 11.6 Å². The second kappa shape index (κ2) is 15.2. The number of nitro benzene ring substituents is 1. The van der Waals surface area contributed by atoms with Crippen molar-refractivity contribution >= 4 is 29.2 Å². The zero-order valence-corrected chi connectivity index (χ0v) is 21.3. The van der Waals surface area contributed by atoms with Crippen LogP contribution in [0.3, 0.4) is 0 Å². The zero-order chi connectivity index (χ0) is 28.8.